The number of rotatable bonds is 2. The summed E-state index contributed by atoms with van der Waals surface area (Å²) < 4.78 is 7.03. The third-order valence-corrected chi connectivity index (χ3v) is 2.51. The highest BCUT2D eigenvalue weighted by molar-refractivity contribution is 9.10. The van der Waals surface area contributed by atoms with Crippen LogP contribution < -0.4 is 0 Å². The molecule has 5 nitrogen and oxygen atoms in total. The van der Waals surface area contributed by atoms with Crippen LogP contribution in [0, 0.1) is 0 Å². The molecule has 0 aliphatic rings. The number of ether oxygens (including phenoxy) is 1. The quantitative estimate of drug-likeness (QED) is 0.788. The van der Waals surface area contributed by atoms with Gasteiger partial charge in [0.1, 0.15) is 0 Å². The predicted octanol–water partition coefficient (Wildman–Crippen LogP) is 1.82. The highest BCUT2D eigenvalue weighted by Crippen LogP contribution is 2.13. The molecule has 2 aromatic rings. The molecule has 0 saturated heterocycles. The summed E-state index contributed by atoms with van der Waals surface area (Å²) in [5.41, 5.74) is 1.01. The first-order valence-corrected chi connectivity index (χ1v) is 5.26. The van der Waals surface area contributed by atoms with Crippen molar-refractivity contribution in [1.29, 1.82) is 0 Å². The molecule has 0 saturated carbocycles. The Bertz CT molecular complexity index is 507. The van der Waals surface area contributed by atoms with E-state index in [2.05, 4.69) is 31.0 Å². The van der Waals surface area contributed by atoms with Crippen molar-refractivity contribution >= 4 is 21.9 Å². The minimum absolute atomic E-state index is 0.186. The molecule has 2 rings (SSSR count). The number of esters is 1. The van der Waals surface area contributed by atoms with Crippen molar-refractivity contribution in [1.82, 2.24) is 15.0 Å². The van der Waals surface area contributed by atoms with Gasteiger partial charge in [-0.25, -0.2) is 9.48 Å². The van der Waals surface area contributed by atoms with Gasteiger partial charge in [-0.3, -0.25) is 0 Å². The lowest BCUT2D eigenvalue weighted by molar-refractivity contribution is 0.0594. The number of methoxy groups -OCH3 is 1. The van der Waals surface area contributed by atoms with Crippen LogP contribution in [-0.4, -0.2) is 28.1 Å². The molecule has 6 heteroatoms. The van der Waals surface area contributed by atoms with E-state index in [1.165, 1.54) is 18.0 Å². The Kier molecular flexibility index (Phi) is 3.00. The molecule has 0 atom stereocenters. The monoisotopic (exact) mass is 281 g/mol. The molecule has 0 spiro atoms. The molecule has 0 unspecified atom stereocenters. The van der Waals surface area contributed by atoms with Crippen molar-refractivity contribution in [2.24, 2.45) is 0 Å². The van der Waals surface area contributed by atoms with Gasteiger partial charge in [0.15, 0.2) is 5.69 Å². The zero-order valence-electron chi connectivity index (χ0n) is 8.42. The van der Waals surface area contributed by atoms with Gasteiger partial charge in [0, 0.05) is 4.47 Å². The maximum atomic E-state index is 11.2. The van der Waals surface area contributed by atoms with Gasteiger partial charge in [-0.05, 0) is 24.3 Å². The first kappa shape index (κ1) is 10.8. The first-order chi connectivity index (χ1) is 7.70. The molecule has 0 N–H and O–H groups in total. The van der Waals surface area contributed by atoms with E-state index < -0.39 is 5.97 Å². The average Bonchev–Trinajstić information content (AvgIpc) is 2.78. The van der Waals surface area contributed by atoms with Gasteiger partial charge >= 0.3 is 5.97 Å². The van der Waals surface area contributed by atoms with Crippen LogP contribution in [0.4, 0.5) is 0 Å². The highest BCUT2D eigenvalue weighted by Gasteiger charge is 2.10. The van der Waals surface area contributed by atoms with Gasteiger partial charge in [-0.1, -0.05) is 21.1 Å². The van der Waals surface area contributed by atoms with Crippen LogP contribution >= 0.6 is 15.9 Å². The predicted molar refractivity (Wildman–Crippen MR) is 60.4 cm³/mol. The summed E-state index contributed by atoms with van der Waals surface area (Å²) in [7, 11) is 1.31. The van der Waals surface area contributed by atoms with Gasteiger partial charge < -0.3 is 4.74 Å². The van der Waals surface area contributed by atoms with Crippen LogP contribution in [-0.2, 0) is 4.74 Å². The Hall–Kier alpha value is -1.69. The molecule has 0 fully saturated rings. The van der Waals surface area contributed by atoms with Gasteiger partial charge in [-0.2, -0.15) is 0 Å². The van der Waals surface area contributed by atoms with E-state index in [9.17, 15) is 4.79 Å². The number of hydrogen-bond donors (Lipinski definition) is 0. The number of hydrogen-bond acceptors (Lipinski definition) is 4. The lowest BCUT2D eigenvalue weighted by Gasteiger charge is -1.98. The Morgan fingerprint density at radius 1 is 1.38 bits per heavy atom. The molecular weight excluding hydrogens is 274 g/mol. The molecule has 82 valence electrons. The second-order valence-corrected chi connectivity index (χ2v) is 3.93. The van der Waals surface area contributed by atoms with Crippen molar-refractivity contribution in [3.63, 3.8) is 0 Å². The number of carbonyl (C=O) groups is 1. The summed E-state index contributed by atoms with van der Waals surface area (Å²) >= 11 is 3.34. The van der Waals surface area contributed by atoms with Gasteiger partial charge in [-0.15, -0.1) is 5.10 Å². The number of benzene rings is 1. The second-order valence-electron chi connectivity index (χ2n) is 3.02. The van der Waals surface area contributed by atoms with E-state index in [1.807, 2.05) is 24.3 Å². The van der Waals surface area contributed by atoms with Gasteiger partial charge in [0.25, 0.3) is 0 Å². The van der Waals surface area contributed by atoms with Crippen LogP contribution in [0.3, 0.4) is 0 Å². The molecule has 16 heavy (non-hydrogen) atoms. The van der Waals surface area contributed by atoms with Crippen molar-refractivity contribution in [3.05, 3.63) is 40.6 Å². The fourth-order valence-corrected chi connectivity index (χ4v) is 1.45. The Morgan fingerprint density at radius 3 is 2.69 bits per heavy atom. The largest absolute Gasteiger partial charge is 0.464 e. The SMILES string of the molecule is COC(=O)c1cn(-c2ccc(Br)cc2)nn1. The third-order valence-electron chi connectivity index (χ3n) is 1.98. The lowest BCUT2D eigenvalue weighted by atomic mass is 10.3. The van der Waals surface area contributed by atoms with Crippen LogP contribution in [0.15, 0.2) is 34.9 Å². The minimum Gasteiger partial charge on any atom is -0.464 e. The van der Waals surface area contributed by atoms with Gasteiger partial charge in [0.05, 0.1) is 19.0 Å². The van der Waals surface area contributed by atoms with Gasteiger partial charge in [0.2, 0.25) is 0 Å². The molecular formula is C10H8BrN3O2. The zero-order chi connectivity index (χ0) is 11.5. The second kappa shape index (κ2) is 4.44. The van der Waals surface area contributed by atoms with Crippen molar-refractivity contribution in [2.45, 2.75) is 0 Å². The minimum atomic E-state index is -0.497. The lowest BCUT2D eigenvalue weighted by Crippen LogP contribution is -2.01. The standard InChI is InChI=1S/C10H8BrN3O2/c1-16-10(15)9-6-14(13-12-9)8-4-2-7(11)3-5-8/h2-6H,1H3. The van der Waals surface area contributed by atoms with Crippen LogP contribution in [0.2, 0.25) is 0 Å². The molecule has 0 bridgehead atoms. The molecule has 0 aliphatic heterocycles. The van der Waals surface area contributed by atoms with Crippen LogP contribution in [0.5, 0.6) is 0 Å². The van der Waals surface area contributed by atoms with E-state index in [4.69, 9.17) is 0 Å². The van der Waals surface area contributed by atoms with E-state index in [1.54, 1.807) is 0 Å². The Labute approximate surface area is 100 Å². The topological polar surface area (TPSA) is 57.0 Å². The number of aromatic nitrogens is 3. The van der Waals surface area contributed by atoms with E-state index in [-0.39, 0.29) is 5.69 Å². The Morgan fingerprint density at radius 2 is 2.06 bits per heavy atom. The molecule has 0 radical (unpaired) electrons. The van der Waals surface area contributed by atoms with Crippen molar-refractivity contribution in [3.8, 4) is 5.69 Å². The molecule has 1 aromatic heterocycles. The smallest absolute Gasteiger partial charge is 0.360 e. The maximum absolute atomic E-state index is 11.2. The summed E-state index contributed by atoms with van der Waals surface area (Å²) in [5, 5.41) is 7.55. The highest BCUT2D eigenvalue weighted by atomic mass is 79.9. The summed E-state index contributed by atoms with van der Waals surface area (Å²) in [4.78, 5) is 11.2. The summed E-state index contributed by atoms with van der Waals surface area (Å²) in [6.45, 7) is 0. The molecule has 0 amide bonds. The van der Waals surface area contributed by atoms with Crippen LogP contribution in [0.1, 0.15) is 10.5 Å². The Balaban J connectivity index is 2.31. The fourth-order valence-electron chi connectivity index (χ4n) is 1.18. The number of halogens is 1. The third kappa shape index (κ3) is 2.11. The fraction of sp³-hybridized carbons (Fsp3) is 0.100. The van der Waals surface area contributed by atoms with E-state index >= 15 is 0 Å². The summed E-state index contributed by atoms with van der Waals surface area (Å²) in [6.07, 6.45) is 1.52. The van der Waals surface area contributed by atoms with E-state index in [0.29, 0.717) is 0 Å². The average molecular weight is 282 g/mol. The molecule has 0 aliphatic carbocycles. The van der Waals surface area contributed by atoms with Crippen LogP contribution in [0.25, 0.3) is 5.69 Å². The maximum Gasteiger partial charge on any atom is 0.360 e. The zero-order valence-corrected chi connectivity index (χ0v) is 10.0. The van der Waals surface area contributed by atoms with E-state index in [0.717, 1.165) is 10.2 Å². The molecule has 1 heterocycles. The summed E-state index contributed by atoms with van der Waals surface area (Å²) in [5.74, 6) is -0.497. The normalized spacial score (nSPS) is 10.1. The van der Waals surface area contributed by atoms with Crippen molar-refractivity contribution in [2.75, 3.05) is 7.11 Å². The molecule has 1 aromatic carbocycles. The number of nitrogens with zero attached hydrogens (tertiary/aromatic N) is 3. The van der Waals surface area contributed by atoms with Crippen molar-refractivity contribution < 1.29 is 9.53 Å². The first-order valence-electron chi connectivity index (χ1n) is 4.47. The number of carbonyl (C=O) groups excluding carboxylic acids is 1. The summed E-state index contributed by atoms with van der Waals surface area (Å²) in [6, 6.07) is 7.49.